The second-order valence-corrected chi connectivity index (χ2v) is 4.30. The van der Waals surface area contributed by atoms with E-state index in [0.717, 1.165) is 13.1 Å². The van der Waals surface area contributed by atoms with E-state index in [4.69, 9.17) is 11.6 Å². The lowest BCUT2D eigenvalue weighted by Crippen LogP contribution is -2.35. The molecule has 0 unspecified atom stereocenters. The summed E-state index contributed by atoms with van der Waals surface area (Å²) in [6.45, 7) is 5.77. The van der Waals surface area contributed by atoms with E-state index < -0.39 is 5.82 Å². The lowest BCUT2D eigenvalue weighted by molar-refractivity contribution is -0.122. The van der Waals surface area contributed by atoms with Gasteiger partial charge in [0.2, 0.25) is 0 Å². The minimum atomic E-state index is -0.478. The largest absolute Gasteiger partial charge is 0.295 e. The van der Waals surface area contributed by atoms with E-state index in [-0.39, 0.29) is 23.0 Å². The van der Waals surface area contributed by atoms with Gasteiger partial charge in [0.15, 0.2) is 0 Å². The molecule has 0 aliphatic rings. The smallest absolute Gasteiger partial charge is 0.254 e. The monoisotopic (exact) mass is 285 g/mol. The summed E-state index contributed by atoms with van der Waals surface area (Å²) >= 11 is 5.82. The van der Waals surface area contributed by atoms with Crippen LogP contribution in [-0.4, -0.2) is 36.7 Å². The molecule has 104 valence electrons. The van der Waals surface area contributed by atoms with Crippen molar-refractivity contribution < 1.29 is 9.18 Å². The molecule has 6 heteroatoms. The quantitative estimate of drug-likeness (QED) is 0.644. The molecule has 0 aromatic heterocycles. The fraction of sp³-hybridized carbons (Fsp3) is 0.385. The molecule has 0 atom stereocenters. The summed E-state index contributed by atoms with van der Waals surface area (Å²) in [7, 11) is 0. The van der Waals surface area contributed by atoms with Gasteiger partial charge < -0.3 is 0 Å². The normalized spacial score (nSPS) is 11.2. The fourth-order valence-electron chi connectivity index (χ4n) is 1.49. The van der Waals surface area contributed by atoms with Crippen molar-refractivity contribution in [2.75, 3.05) is 19.6 Å². The second kappa shape index (κ2) is 7.86. The number of carbonyl (C=O) groups excluding carboxylic acids is 1. The van der Waals surface area contributed by atoms with Crippen molar-refractivity contribution in [2.45, 2.75) is 13.8 Å². The summed E-state index contributed by atoms with van der Waals surface area (Å²) in [6, 6.07) is 4.35. The maximum absolute atomic E-state index is 13.4. The number of carbonyl (C=O) groups is 1. The van der Waals surface area contributed by atoms with Crippen molar-refractivity contribution in [3.8, 4) is 0 Å². The van der Waals surface area contributed by atoms with Crippen LogP contribution < -0.4 is 5.43 Å². The molecule has 1 rings (SSSR count). The number of nitrogens with zero attached hydrogens (tertiary/aromatic N) is 2. The fourth-order valence-corrected chi connectivity index (χ4v) is 1.70. The first-order chi connectivity index (χ1) is 9.08. The molecule has 0 fully saturated rings. The van der Waals surface area contributed by atoms with Crippen LogP contribution in [0.5, 0.6) is 0 Å². The topological polar surface area (TPSA) is 44.7 Å². The number of hydrazone groups is 1. The van der Waals surface area contributed by atoms with Gasteiger partial charge in [-0.3, -0.25) is 9.69 Å². The molecule has 0 aliphatic heterocycles. The predicted molar refractivity (Wildman–Crippen MR) is 74.9 cm³/mol. The highest BCUT2D eigenvalue weighted by Gasteiger charge is 2.06. The molecule has 0 saturated heterocycles. The summed E-state index contributed by atoms with van der Waals surface area (Å²) in [5, 5.41) is 3.96. The standard InChI is InChI=1S/C13H17ClFN3O/c1-3-18(4-2)9-13(19)17-16-8-10-11(14)6-5-7-12(10)15/h5-8H,3-4,9H2,1-2H3,(H,17,19). The van der Waals surface area contributed by atoms with Crippen molar-refractivity contribution in [2.24, 2.45) is 5.10 Å². The molecule has 4 nitrogen and oxygen atoms in total. The van der Waals surface area contributed by atoms with Gasteiger partial charge in [0, 0.05) is 5.56 Å². The first-order valence-corrected chi connectivity index (χ1v) is 6.44. The Kier molecular flexibility index (Phi) is 6.45. The van der Waals surface area contributed by atoms with E-state index in [2.05, 4.69) is 10.5 Å². The Hall–Kier alpha value is -1.46. The van der Waals surface area contributed by atoms with Crippen molar-refractivity contribution in [1.82, 2.24) is 10.3 Å². The van der Waals surface area contributed by atoms with Gasteiger partial charge in [0.25, 0.3) is 5.91 Å². The van der Waals surface area contributed by atoms with Gasteiger partial charge in [-0.05, 0) is 25.2 Å². The van der Waals surface area contributed by atoms with E-state index >= 15 is 0 Å². The number of nitrogens with one attached hydrogen (secondary N) is 1. The zero-order valence-corrected chi connectivity index (χ0v) is 11.7. The van der Waals surface area contributed by atoms with Crippen LogP contribution in [-0.2, 0) is 4.79 Å². The Morgan fingerprint density at radius 2 is 2.16 bits per heavy atom. The number of hydrogen-bond acceptors (Lipinski definition) is 3. The van der Waals surface area contributed by atoms with Crippen LogP contribution in [0.2, 0.25) is 5.02 Å². The number of halogens is 2. The number of amides is 1. The Morgan fingerprint density at radius 1 is 1.47 bits per heavy atom. The Morgan fingerprint density at radius 3 is 2.74 bits per heavy atom. The van der Waals surface area contributed by atoms with Crippen LogP contribution in [0.3, 0.4) is 0 Å². The van der Waals surface area contributed by atoms with Crippen molar-refractivity contribution in [1.29, 1.82) is 0 Å². The minimum Gasteiger partial charge on any atom is -0.295 e. The number of likely N-dealkylation sites (N-methyl/N-ethyl adjacent to an activating group) is 1. The third-order valence-corrected chi connectivity index (χ3v) is 2.97. The van der Waals surface area contributed by atoms with Crippen molar-refractivity contribution in [3.05, 3.63) is 34.6 Å². The Bertz CT molecular complexity index is 441. The average molecular weight is 286 g/mol. The maximum atomic E-state index is 13.4. The summed E-state index contributed by atoms with van der Waals surface area (Å²) in [5.41, 5.74) is 2.51. The third-order valence-electron chi connectivity index (χ3n) is 2.64. The van der Waals surface area contributed by atoms with E-state index in [1.54, 1.807) is 6.07 Å². The maximum Gasteiger partial charge on any atom is 0.254 e. The molecule has 0 saturated carbocycles. The highest BCUT2D eigenvalue weighted by molar-refractivity contribution is 6.33. The van der Waals surface area contributed by atoms with Crippen LogP contribution in [0.15, 0.2) is 23.3 Å². The average Bonchev–Trinajstić information content (AvgIpc) is 2.39. The number of benzene rings is 1. The lowest BCUT2D eigenvalue weighted by atomic mass is 10.2. The van der Waals surface area contributed by atoms with Gasteiger partial charge in [-0.25, -0.2) is 9.82 Å². The van der Waals surface area contributed by atoms with Crippen LogP contribution in [0.1, 0.15) is 19.4 Å². The number of rotatable bonds is 6. The molecule has 1 aromatic carbocycles. The molecule has 0 bridgehead atoms. The molecular weight excluding hydrogens is 269 g/mol. The molecule has 0 aliphatic carbocycles. The first kappa shape index (κ1) is 15.6. The van der Waals surface area contributed by atoms with E-state index in [1.807, 2.05) is 18.7 Å². The predicted octanol–water partition coefficient (Wildman–Crippen LogP) is 2.27. The molecule has 1 amide bonds. The lowest BCUT2D eigenvalue weighted by Gasteiger charge is -2.15. The molecule has 0 spiro atoms. The van der Waals surface area contributed by atoms with Gasteiger partial charge >= 0.3 is 0 Å². The second-order valence-electron chi connectivity index (χ2n) is 3.89. The van der Waals surface area contributed by atoms with E-state index in [0.29, 0.717) is 0 Å². The summed E-state index contributed by atoms with van der Waals surface area (Å²) in [5.74, 6) is -0.721. The van der Waals surface area contributed by atoms with Crippen molar-refractivity contribution in [3.63, 3.8) is 0 Å². The molecule has 0 heterocycles. The van der Waals surface area contributed by atoms with Gasteiger partial charge in [-0.2, -0.15) is 5.10 Å². The van der Waals surface area contributed by atoms with Crippen molar-refractivity contribution >= 4 is 23.7 Å². The molecule has 19 heavy (non-hydrogen) atoms. The van der Waals surface area contributed by atoms with Crippen LogP contribution in [0, 0.1) is 5.82 Å². The minimum absolute atomic E-state index is 0.160. The Balaban J connectivity index is 2.56. The SMILES string of the molecule is CCN(CC)CC(=O)NN=Cc1c(F)cccc1Cl. The van der Waals surface area contributed by atoms with E-state index in [1.165, 1.54) is 18.3 Å². The summed E-state index contributed by atoms with van der Waals surface area (Å²) in [4.78, 5) is 13.5. The highest BCUT2D eigenvalue weighted by Crippen LogP contribution is 2.16. The summed E-state index contributed by atoms with van der Waals surface area (Å²) < 4.78 is 13.4. The summed E-state index contributed by atoms with van der Waals surface area (Å²) in [6.07, 6.45) is 1.21. The number of hydrogen-bond donors (Lipinski definition) is 1. The first-order valence-electron chi connectivity index (χ1n) is 6.06. The molecular formula is C13H17ClFN3O. The zero-order valence-electron chi connectivity index (χ0n) is 11.0. The third kappa shape index (κ3) is 4.96. The van der Waals surface area contributed by atoms with Gasteiger partial charge in [-0.1, -0.05) is 31.5 Å². The zero-order chi connectivity index (χ0) is 14.3. The highest BCUT2D eigenvalue weighted by atomic mass is 35.5. The van der Waals surface area contributed by atoms with Crippen LogP contribution in [0.4, 0.5) is 4.39 Å². The van der Waals surface area contributed by atoms with Gasteiger partial charge in [-0.15, -0.1) is 0 Å². The molecule has 1 aromatic rings. The molecule has 0 radical (unpaired) electrons. The van der Waals surface area contributed by atoms with E-state index in [9.17, 15) is 9.18 Å². The Labute approximate surface area is 117 Å². The van der Waals surface area contributed by atoms with Crippen LogP contribution in [0.25, 0.3) is 0 Å². The van der Waals surface area contributed by atoms with Gasteiger partial charge in [0.05, 0.1) is 17.8 Å². The molecule has 1 N–H and O–H groups in total. The van der Waals surface area contributed by atoms with Gasteiger partial charge in [0.1, 0.15) is 5.82 Å². The van der Waals surface area contributed by atoms with Crippen LogP contribution >= 0.6 is 11.6 Å².